The van der Waals surface area contributed by atoms with Crippen LogP contribution in [0.5, 0.6) is 0 Å². The van der Waals surface area contributed by atoms with Crippen molar-refractivity contribution in [1.29, 1.82) is 0 Å². The third kappa shape index (κ3) is 15.7. The molecule has 0 fully saturated rings. The fourth-order valence-electron chi connectivity index (χ4n) is 0.0630. The maximum absolute atomic E-state index is 9.57. The zero-order valence-corrected chi connectivity index (χ0v) is 8.87. The Morgan fingerprint density at radius 3 is 1.75 bits per heavy atom. The van der Waals surface area contributed by atoms with E-state index in [1.54, 1.807) is 0 Å². The molecule has 0 atom stereocenters. The van der Waals surface area contributed by atoms with Gasteiger partial charge in [0, 0.05) is 0 Å². The van der Waals surface area contributed by atoms with Gasteiger partial charge in [-0.15, -0.1) is 0 Å². The summed E-state index contributed by atoms with van der Waals surface area (Å²) >= 11 is 2.96. The van der Waals surface area contributed by atoms with Crippen molar-refractivity contribution in [1.82, 2.24) is 0 Å². The van der Waals surface area contributed by atoms with Crippen LogP contribution in [0, 0.1) is 0 Å². The van der Waals surface area contributed by atoms with Gasteiger partial charge in [0.15, 0.2) is 0 Å². The van der Waals surface area contributed by atoms with Crippen molar-refractivity contribution >= 4 is 26.6 Å². The molecular weight excluding hydrogens is 207 g/mol. The van der Waals surface area contributed by atoms with Gasteiger partial charge >= 0.3 is 29.6 Å². The summed E-state index contributed by atoms with van der Waals surface area (Å²) in [5.74, 6) is 0.208. The summed E-state index contributed by atoms with van der Waals surface area (Å²) < 4.78 is 19.1. The first kappa shape index (κ1) is 16.2. The number of halogens is 1. The van der Waals surface area contributed by atoms with Crippen molar-refractivity contribution in [2.75, 3.05) is 11.1 Å². The Labute approximate surface area is 80.5 Å². The van der Waals surface area contributed by atoms with Gasteiger partial charge in [-0.2, -0.15) is 0 Å². The molecule has 46 valence electrons. The van der Waals surface area contributed by atoms with Gasteiger partial charge in [0.25, 0.3) is 0 Å². The maximum atomic E-state index is 9.57. The molecule has 6 heteroatoms. The molecule has 0 saturated heterocycles. The van der Waals surface area contributed by atoms with Gasteiger partial charge in [-0.05, 0) is 5.33 Å². The first-order valence-corrected chi connectivity index (χ1v) is 3.75. The predicted octanol–water partition coefficient (Wildman–Crippen LogP) is -2.48. The van der Waals surface area contributed by atoms with Crippen LogP contribution >= 0.6 is 15.9 Å². The van der Waals surface area contributed by atoms with E-state index in [9.17, 15) is 8.42 Å². The molecule has 0 unspecified atom stereocenters. The van der Waals surface area contributed by atoms with Gasteiger partial charge in [-0.3, -0.25) is 0 Å². The summed E-state index contributed by atoms with van der Waals surface area (Å²) in [6, 6.07) is 0. The van der Waals surface area contributed by atoms with Crippen molar-refractivity contribution in [2.24, 2.45) is 0 Å². The van der Waals surface area contributed by atoms with Gasteiger partial charge in [0.2, 0.25) is 0 Å². The molecule has 0 aliphatic rings. The average molecular weight is 212 g/mol. The first-order valence-electron chi connectivity index (χ1n) is 1.39. The zero-order valence-electron chi connectivity index (χ0n) is 4.46. The Bertz CT molecular complexity index is 85.3. The van der Waals surface area contributed by atoms with E-state index in [-0.39, 0.29) is 40.8 Å². The molecule has 8 heavy (non-hydrogen) atoms. The van der Waals surface area contributed by atoms with E-state index in [0.29, 0.717) is 5.33 Å². The zero-order chi connectivity index (χ0) is 4.99. The minimum atomic E-state index is -1.86. The van der Waals surface area contributed by atoms with Crippen molar-refractivity contribution in [3.05, 3.63) is 0 Å². The summed E-state index contributed by atoms with van der Waals surface area (Å²) in [6.07, 6.45) is 0. The molecule has 3 nitrogen and oxygen atoms in total. The molecule has 0 aromatic rings. The minimum absolute atomic E-state index is 0. The average Bonchev–Trinajstić information content (AvgIpc) is 1.35. The van der Waals surface area contributed by atoms with E-state index in [4.69, 9.17) is 0 Å². The molecule has 0 rings (SSSR count). The molecule has 0 radical (unpaired) electrons. The van der Waals surface area contributed by atoms with E-state index >= 15 is 0 Å². The number of hydrogen-bond acceptors (Lipinski definition) is 4. The molecule has 0 aliphatic carbocycles. The molecule has 0 bridgehead atoms. The Morgan fingerprint density at radius 1 is 1.38 bits per heavy atom. The van der Waals surface area contributed by atoms with Crippen LogP contribution in [0.15, 0.2) is 0 Å². The van der Waals surface area contributed by atoms with Crippen LogP contribution < -0.4 is 29.6 Å². The molecule has 0 spiro atoms. The molecule has 0 aliphatic heterocycles. The summed E-state index contributed by atoms with van der Waals surface area (Å²) in [5.41, 5.74) is 0. The fourth-order valence-corrected chi connectivity index (χ4v) is 0.982. The van der Waals surface area contributed by atoms with Gasteiger partial charge in [-0.25, -0.2) is 0 Å². The predicted molar refractivity (Wildman–Crippen MR) is 29.3 cm³/mol. The largest absolute Gasteiger partial charge is 1.00 e. The van der Waals surface area contributed by atoms with Gasteiger partial charge in [0.1, 0.15) is 0 Å². The third-order valence-corrected chi connectivity index (χ3v) is 1.70. The molecule has 0 aromatic heterocycles. The van der Waals surface area contributed by atoms with Crippen LogP contribution in [0.2, 0.25) is 0 Å². The second kappa shape index (κ2) is 11.2. The molecule has 0 heterocycles. The number of alkyl halides is 1. The Balaban J connectivity index is -0.000000125. The number of hydrogen-bond donors (Lipinski definition) is 0. The summed E-state index contributed by atoms with van der Waals surface area (Å²) in [7, 11) is -1.86. The van der Waals surface area contributed by atoms with E-state index in [1.807, 2.05) is 0 Å². The molecule has 0 aromatic carbocycles. The quantitative estimate of drug-likeness (QED) is 0.289. The van der Waals surface area contributed by atoms with E-state index in [1.165, 1.54) is 0 Å². The second-order valence-electron chi connectivity index (χ2n) is 0.697. The summed E-state index contributed by atoms with van der Waals surface area (Å²) in [4.78, 5) is 0. The normalized spacial score (nSPS) is 7.25. The molecular formula is C2H5BrNaO3S-. The van der Waals surface area contributed by atoms with Crippen LogP contribution in [0.1, 0.15) is 0 Å². The van der Waals surface area contributed by atoms with Crippen LogP contribution in [-0.4, -0.2) is 16.6 Å². The number of rotatable bonds is 2. The topological polar surface area (TPSA) is 64.1 Å². The summed E-state index contributed by atoms with van der Waals surface area (Å²) in [6.45, 7) is 0. The smallest absolute Gasteiger partial charge is 0.870 e. The van der Waals surface area contributed by atoms with E-state index in [0.717, 1.165) is 0 Å². The standard InChI is InChI=1S/C2H4BrO2S.Na.H2O/c3-1-2-6(4)5;;/h1-2H2;;1H2/q-1;+1;/p-1. The van der Waals surface area contributed by atoms with E-state index < -0.39 is 10.7 Å². The summed E-state index contributed by atoms with van der Waals surface area (Å²) in [5, 5.41) is 0.531. The second-order valence-corrected chi connectivity index (χ2v) is 2.51. The molecule has 1 N–H and O–H groups in total. The SMILES string of the molecule is O=[S-](=O)CCBr.[Na+].[OH-]. The Hall–Kier alpha value is 1.39. The first-order chi connectivity index (χ1) is 2.77. The maximum Gasteiger partial charge on any atom is 1.00 e. The van der Waals surface area contributed by atoms with Gasteiger partial charge in [0.05, 0.1) is 0 Å². The van der Waals surface area contributed by atoms with E-state index in [2.05, 4.69) is 15.9 Å². The van der Waals surface area contributed by atoms with Crippen LogP contribution in [-0.2, 0) is 19.1 Å². The van der Waals surface area contributed by atoms with Crippen LogP contribution in [0.3, 0.4) is 0 Å². The minimum Gasteiger partial charge on any atom is -0.870 e. The van der Waals surface area contributed by atoms with Crippen LogP contribution in [0.25, 0.3) is 0 Å². The molecule has 0 saturated carbocycles. The van der Waals surface area contributed by atoms with Crippen molar-refractivity contribution < 1.29 is 43.5 Å². The fraction of sp³-hybridized carbons (Fsp3) is 1.00. The van der Waals surface area contributed by atoms with Crippen molar-refractivity contribution in [3.8, 4) is 0 Å². The van der Waals surface area contributed by atoms with Gasteiger partial charge in [-0.1, -0.05) is 32.4 Å². The Morgan fingerprint density at radius 2 is 1.75 bits per heavy atom. The Kier molecular flexibility index (Phi) is 22.7. The molecule has 0 amide bonds. The van der Waals surface area contributed by atoms with Crippen molar-refractivity contribution in [2.45, 2.75) is 0 Å². The van der Waals surface area contributed by atoms with Crippen molar-refractivity contribution in [3.63, 3.8) is 0 Å². The third-order valence-electron chi connectivity index (χ3n) is 0.244. The van der Waals surface area contributed by atoms with Gasteiger partial charge < -0.3 is 13.9 Å². The van der Waals surface area contributed by atoms with Crippen LogP contribution in [0.4, 0.5) is 0 Å². The monoisotopic (exact) mass is 211 g/mol.